The summed E-state index contributed by atoms with van der Waals surface area (Å²) in [5, 5.41) is 0.156. The molecule has 1 aliphatic heterocycles. The number of rotatable bonds is 15. The van der Waals surface area contributed by atoms with Gasteiger partial charge in [-0.25, -0.2) is 0 Å². The van der Waals surface area contributed by atoms with Crippen LogP contribution in [0.2, 0.25) is 0 Å². The van der Waals surface area contributed by atoms with E-state index in [1.807, 2.05) is 0 Å². The summed E-state index contributed by atoms with van der Waals surface area (Å²) in [6, 6.07) is 0. The highest BCUT2D eigenvalue weighted by atomic mass is 32.2. The van der Waals surface area contributed by atoms with Crippen molar-refractivity contribution in [2.45, 2.75) is 104 Å². The minimum atomic E-state index is -0.563. The number of Topliss-reactive ketones (excluding diaryl/α,β-unsaturated/α-hetero) is 1. The quantitative estimate of drug-likeness (QED) is 0.173. The van der Waals surface area contributed by atoms with Crippen molar-refractivity contribution in [2.75, 3.05) is 12.4 Å². The van der Waals surface area contributed by atoms with E-state index in [1.165, 1.54) is 50.3 Å². The molecule has 0 aromatic carbocycles. The molecule has 3 unspecified atom stereocenters. The van der Waals surface area contributed by atoms with Crippen LogP contribution in [-0.4, -0.2) is 29.2 Å². The summed E-state index contributed by atoms with van der Waals surface area (Å²) in [5.74, 6) is 0.909. The topological polar surface area (TPSA) is 60.4 Å². The number of hydrogen-bond donors (Lipinski definition) is 0. The molecule has 4 nitrogen and oxygen atoms in total. The zero-order chi connectivity index (χ0) is 21.5. The lowest BCUT2D eigenvalue weighted by Crippen LogP contribution is -2.26. The molecule has 1 saturated heterocycles. The second kappa shape index (κ2) is 15.9. The maximum Gasteiger partial charge on any atom is 0.316 e. The molecule has 29 heavy (non-hydrogen) atoms. The lowest BCUT2D eigenvalue weighted by molar-refractivity contribution is -0.151. The normalized spacial score (nSPS) is 20.7. The van der Waals surface area contributed by atoms with E-state index in [-0.39, 0.29) is 16.9 Å². The number of esters is 1. The summed E-state index contributed by atoms with van der Waals surface area (Å²) in [7, 11) is 0. The minimum Gasteiger partial charge on any atom is -0.465 e. The van der Waals surface area contributed by atoms with Gasteiger partial charge in [0.15, 0.2) is 5.12 Å². The fourth-order valence-corrected chi connectivity index (χ4v) is 4.93. The Hall–Kier alpha value is -0.840. The molecule has 1 rings (SSSR count). The van der Waals surface area contributed by atoms with Gasteiger partial charge >= 0.3 is 5.97 Å². The van der Waals surface area contributed by atoms with Crippen molar-refractivity contribution in [3.05, 3.63) is 0 Å². The van der Waals surface area contributed by atoms with Crippen LogP contribution in [0.3, 0.4) is 0 Å². The molecule has 0 N–H and O–H groups in total. The Morgan fingerprint density at radius 1 is 1.07 bits per heavy atom. The Kier molecular flexibility index (Phi) is 14.4. The molecule has 3 atom stereocenters. The van der Waals surface area contributed by atoms with Crippen LogP contribution >= 0.6 is 11.8 Å². The lowest BCUT2D eigenvalue weighted by Gasteiger charge is -2.19. The highest BCUT2D eigenvalue weighted by Crippen LogP contribution is 2.29. The third-order valence-electron chi connectivity index (χ3n) is 6.07. The van der Waals surface area contributed by atoms with Crippen LogP contribution in [0.1, 0.15) is 104 Å². The first-order valence-electron chi connectivity index (χ1n) is 11.8. The lowest BCUT2D eigenvalue weighted by atomic mass is 9.84. The molecule has 1 aliphatic rings. The van der Waals surface area contributed by atoms with Gasteiger partial charge in [-0.1, -0.05) is 77.0 Å². The van der Waals surface area contributed by atoms with Crippen molar-refractivity contribution in [1.82, 2.24) is 0 Å². The number of ether oxygens (including phenoxy) is 1. The molecule has 5 heteroatoms. The fourth-order valence-electron chi connectivity index (χ4n) is 4.19. The molecule has 0 aliphatic carbocycles. The maximum absolute atomic E-state index is 12.9. The minimum absolute atomic E-state index is 0.0668. The van der Waals surface area contributed by atoms with Crippen LogP contribution in [-0.2, 0) is 19.1 Å². The van der Waals surface area contributed by atoms with Crippen molar-refractivity contribution < 1.29 is 19.1 Å². The number of carbonyl (C=O) groups is 3. The van der Waals surface area contributed by atoms with Crippen LogP contribution in [0.25, 0.3) is 0 Å². The standard InChI is InChI=1S/C24H42O4S/c1-4-6-8-10-20(15-17-29-19(3)25)12-13-23(26)22-18-21(11-9-7-5-2)14-16-28-24(22)27/h20-22H,4-18H2,1-3H3. The second-order valence-corrected chi connectivity index (χ2v) is 9.87. The highest BCUT2D eigenvalue weighted by molar-refractivity contribution is 8.13. The van der Waals surface area contributed by atoms with Crippen molar-refractivity contribution in [2.24, 2.45) is 17.8 Å². The predicted octanol–water partition coefficient (Wildman–Crippen LogP) is 6.35. The van der Waals surface area contributed by atoms with Gasteiger partial charge in [-0.15, -0.1) is 0 Å². The zero-order valence-corrected chi connectivity index (χ0v) is 19.7. The number of unbranched alkanes of at least 4 members (excludes halogenated alkanes) is 4. The van der Waals surface area contributed by atoms with E-state index >= 15 is 0 Å². The average molecular weight is 427 g/mol. The van der Waals surface area contributed by atoms with Crippen molar-refractivity contribution in [3.63, 3.8) is 0 Å². The first kappa shape index (κ1) is 26.2. The smallest absolute Gasteiger partial charge is 0.316 e. The number of thioether (sulfide) groups is 1. The van der Waals surface area contributed by atoms with Gasteiger partial charge in [0.05, 0.1) is 6.61 Å². The molecule has 0 aromatic rings. The predicted molar refractivity (Wildman–Crippen MR) is 121 cm³/mol. The molecule has 0 saturated carbocycles. The highest BCUT2D eigenvalue weighted by Gasteiger charge is 2.33. The van der Waals surface area contributed by atoms with Crippen LogP contribution < -0.4 is 0 Å². The van der Waals surface area contributed by atoms with Crippen molar-refractivity contribution >= 4 is 28.6 Å². The largest absolute Gasteiger partial charge is 0.465 e. The molecule has 1 fully saturated rings. The molecule has 0 bridgehead atoms. The van der Waals surface area contributed by atoms with Crippen LogP contribution in [0.5, 0.6) is 0 Å². The van der Waals surface area contributed by atoms with E-state index in [0.29, 0.717) is 31.3 Å². The summed E-state index contributed by atoms with van der Waals surface area (Å²) in [4.78, 5) is 36.5. The Morgan fingerprint density at radius 3 is 2.48 bits per heavy atom. The Bertz CT molecular complexity index is 491. The van der Waals surface area contributed by atoms with Crippen molar-refractivity contribution in [1.29, 1.82) is 0 Å². The third kappa shape index (κ3) is 11.8. The van der Waals surface area contributed by atoms with Gasteiger partial charge in [-0.05, 0) is 37.5 Å². The molecule has 168 valence electrons. The van der Waals surface area contributed by atoms with Gasteiger partial charge in [0.1, 0.15) is 11.7 Å². The van der Waals surface area contributed by atoms with E-state index in [9.17, 15) is 14.4 Å². The van der Waals surface area contributed by atoms with Gasteiger partial charge in [0.25, 0.3) is 0 Å². The summed E-state index contributed by atoms with van der Waals surface area (Å²) in [6.07, 6.45) is 13.1. The van der Waals surface area contributed by atoms with E-state index in [1.54, 1.807) is 6.92 Å². The summed E-state index contributed by atoms with van der Waals surface area (Å²) in [5.41, 5.74) is 0. The number of cyclic esters (lactones) is 1. The second-order valence-electron chi connectivity index (χ2n) is 8.60. The van der Waals surface area contributed by atoms with E-state index in [0.717, 1.165) is 37.9 Å². The number of ketones is 1. The van der Waals surface area contributed by atoms with Gasteiger partial charge in [0.2, 0.25) is 0 Å². The monoisotopic (exact) mass is 426 g/mol. The van der Waals surface area contributed by atoms with E-state index in [4.69, 9.17) is 4.74 Å². The first-order chi connectivity index (χ1) is 14.0. The molecular formula is C24H42O4S. The van der Waals surface area contributed by atoms with Crippen LogP contribution in [0, 0.1) is 17.8 Å². The first-order valence-corrected chi connectivity index (χ1v) is 12.8. The Balaban J connectivity index is 2.55. The fraction of sp³-hybridized carbons (Fsp3) is 0.875. The molecule has 0 amide bonds. The van der Waals surface area contributed by atoms with Gasteiger partial charge in [-0.2, -0.15) is 0 Å². The summed E-state index contributed by atoms with van der Waals surface area (Å²) in [6.45, 7) is 6.45. The van der Waals surface area contributed by atoms with Crippen LogP contribution in [0.4, 0.5) is 0 Å². The van der Waals surface area contributed by atoms with Gasteiger partial charge in [0, 0.05) is 19.1 Å². The SMILES string of the molecule is CCCCCC(CCSC(C)=O)CCC(=O)C1CC(CCCCC)CCOC1=O. The van der Waals surface area contributed by atoms with Gasteiger partial charge in [-0.3, -0.25) is 14.4 Å². The molecule has 0 spiro atoms. The Morgan fingerprint density at radius 2 is 1.79 bits per heavy atom. The number of carbonyl (C=O) groups excluding carboxylic acids is 3. The van der Waals surface area contributed by atoms with E-state index < -0.39 is 5.92 Å². The summed E-state index contributed by atoms with van der Waals surface area (Å²) < 4.78 is 5.35. The molecular weight excluding hydrogens is 384 g/mol. The molecule has 0 radical (unpaired) electrons. The maximum atomic E-state index is 12.9. The average Bonchev–Trinajstić information content (AvgIpc) is 2.87. The molecule has 1 heterocycles. The molecule has 0 aromatic heterocycles. The Labute approximate surface area is 182 Å². The van der Waals surface area contributed by atoms with Crippen LogP contribution in [0.15, 0.2) is 0 Å². The third-order valence-corrected chi connectivity index (χ3v) is 6.92. The zero-order valence-electron chi connectivity index (χ0n) is 18.9. The van der Waals surface area contributed by atoms with Gasteiger partial charge < -0.3 is 4.74 Å². The van der Waals surface area contributed by atoms with Crippen molar-refractivity contribution in [3.8, 4) is 0 Å². The summed E-state index contributed by atoms with van der Waals surface area (Å²) >= 11 is 1.38. The number of hydrogen-bond acceptors (Lipinski definition) is 5. The van der Waals surface area contributed by atoms with E-state index in [2.05, 4.69) is 13.8 Å².